The molecule has 1 heterocycles. The fourth-order valence-corrected chi connectivity index (χ4v) is 1.70. The van der Waals surface area contributed by atoms with Gasteiger partial charge < -0.3 is 4.42 Å². The standard InChI is InChI=1S/C10H4Cl3O/c11-8-3-7(4-9(12)10(8)13)6-1-2-14-5-6/h1-4H. The Morgan fingerprint density at radius 3 is 2.21 bits per heavy atom. The van der Waals surface area contributed by atoms with Gasteiger partial charge in [0.25, 0.3) is 0 Å². The monoisotopic (exact) mass is 245 g/mol. The van der Waals surface area contributed by atoms with E-state index in [-0.39, 0.29) is 0 Å². The molecule has 2 aromatic rings. The molecule has 0 amide bonds. The quantitative estimate of drug-likeness (QED) is 0.664. The van der Waals surface area contributed by atoms with Gasteiger partial charge in [0.2, 0.25) is 0 Å². The van der Waals surface area contributed by atoms with E-state index < -0.39 is 0 Å². The Morgan fingerprint density at radius 2 is 1.71 bits per heavy atom. The first kappa shape index (κ1) is 9.91. The highest BCUT2D eigenvalue weighted by atomic mass is 35.5. The molecule has 1 nitrogen and oxygen atoms in total. The number of hydrogen-bond acceptors (Lipinski definition) is 1. The summed E-state index contributed by atoms with van der Waals surface area (Å²) in [6.07, 6.45) is 4.23. The van der Waals surface area contributed by atoms with Gasteiger partial charge >= 0.3 is 0 Å². The molecule has 4 heteroatoms. The van der Waals surface area contributed by atoms with E-state index in [2.05, 4.69) is 6.26 Å². The minimum atomic E-state index is 0.362. The van der Waals surface area contributed by atoms with Crippen LogP contribution in [0.15, 0.2) is 28.9 Å². The molecule has 14 heavy (non-hydrogen) atoms. The average Bonchev–Trinajstić information content (AvgIpc) is 2.66. The molecule has 0 N–H and O–H groups in total. The third-order valence-electron chi connectivity index (χ3n) is 1.77. The van der Waals surface area contributed by atoms with Crippen molar-refractivity contribution in [2.24, 2.45) is 0 Å². The molecule has 0 atom stereocenters. The molecule has 2 rings (SSSR count). The van der Waals surface area contributed by atoms with Gasteiger partial charge in [-0.25, -0.2) is 0 Å². The van der Waals surface area contributed by atoms with Gasteiger partial charge in [-0.2, -0.15) is 0 Å². The molecule has 0 aliphatic rings. The van der Waals surface area contributed by atoms with Crippen LogP contribution >= 0.6 is 34.8 Å². The van der Waals surface area contributed by atoms with Crippen LogP contribution in [0.3, 0.4) is 0 Å². The van der Waals surface area contributed by atoms with E-state index in [1.807, 2.05) is 0 Å². The highest BCUT2D eigenvalue weighted by molar-refractivity contribution is 6.48. The minimum absolute atomic E-state index is 0.362. The topological polar surface area (TPSA) is 13.1 Å². The third-order valence-corrected chi connectivity index (χ3v) is 2.96. The summed E-state index contributed by atoms with van der Waals surface area (Å²) in [4.78, 5) is 0. The van der Waals surface area contributed by atoms with Crippen LogP contribution in [0.1, 0.15) is 0 Å². The van der Waals surface area contributed by atoms with Crippen LogP contribution in [-0.2, 0) is 0 Å². The Balaban J connectivity index is 2.57. The minimum Gasteiger partial charge on any atom is -0.460 e. The second kappa shape index (κ2) is 3.85. The van der Waals surface area contributed by atoms with Crippen molar-refractivity contribution >= 4 is 34.8 Å². The van der Waals surface area contributed by atoms with Crippen LogP contribution in [0.5, 0.6) is 0 Å². The van der Waals surface area contributed by atoms with Gasteiger partial charge in [0.05, 0.1) is 21.3 Å². The van der Waals surface area contributed by atoms with Crippen molar-refractivity contribution < 1.29 is 4.42 Å². The van der Waals surface area contributed by atoms with Crippen LogP contribution in [0.25, 0.3) is 11.1 Å². The maximum atomic E-state index is 5.88. The van der Waals surface area contributed by atoms with E-state index in [4.69, 9.17) is 39.2 Å². The normalized spacial score (nSPS) is 10.5. The predicted octanol–water partition coefficient (Wildman–Crippen LogP) is 4.71. The molecule has 1 aromatic carbocycles. The van der Waals surface area contributed by atoms with Crippen molar-refractivity contribution in [2.75, 3.05) is 0 Å². The summed E-state index contributed by atoms with van der Waals surface area (Å²) < 4.78 is 4.83. The van der Waals surface area contributed by atoms with E-state index in [1.54, 1.807) is 18.2 Å². The lowest BCUT2D eigenvalue weighted by Gasteiger charge is -2.02. The zero-order valence-corrected chi connectivity index (χ0v) is 9.12. The van der Waals surface area contributed by atoms with Crippen molar-refractivity contribution in [3.05, 3.63) is 45.8 Å². The summed E-state index contributed by atoms with van der Waals surface area (Å²) in [5, 5.41) is 1.20. The first-order chi connectivity index (χ1) is 6.68. The van der Waals surface area contributed by atoms with Gasteiger partial charge in [-0.15, -0.1) is 0 Å². The molecule has 0 aliphatic heterocycles. The van der Waals surface area contributed by atoms with Gasteiger partial charge in [-0.1, -0.05) is 34.8 Å². The van der Waals surface area contributed by atoms with Crippen molar-refractivity contribution in [3.8, 4) is 11.1 Å². The molecule has 1 radical (unpaired) electrons. The number of benzene rings is 1. The summed E-state index contributed by atoms with van der Waals surface area (Å²) >= 11 is 17.6. The van der Waals surface area contributed by atoms with Crippen LogP contribution in [-0.4, -0.2) is 0 Å². The molecule has 71 valence electrons. The summed E-state index contributed by atoms with van der Waals surface area (Å²) in [7, 11) is 0. The number of rotatable bonds is 1. The van der Waals surface area contributed by atoms with Gasteiger partial charge in [0.15, 0.2) is 6.26 Å². The number of furan rings is 1. The van der Waals surface area contributed by atoms with E-state index in [9.17, 15) is 0 Å². The zero-order chi connectivity index (χ0) is 10.1. The molecule has 0 unspecified atom stereocenters. The Hall–Kier alpha value is -0.630. The molecule has 0 saturated heterocycles. The molecular formula is C10H4Cl3O. The molecule has 0 spiro atoms. The summed E-state index contributed by atoms with van der Waals surface area (Å²) in [6, 6.07) is 5.21. The zero-order valence-electron chi connectivity index (χ0n) is 6.85. The van der Waals surface area contributed by atoms with Gasteiger partial charge in [0.1, 0.15) is 0 Å². The molecule has 0 saturated carbocycles. The van der Waals surface area contributed by atoms with Crippen molar-refractivity contribution in [1.29, 1.82) is 0 Å². The molecular weight excluding hydrogens is 242 g/mol. The largest absolute Gasteiger partial charge is 0.460 e. The first-order valence-corrected chi connectivity index (χ1v) is 4.92. The van der Waals surface area contributed by atoms with E-state index >= 15 is 0 Å². The molecule has 1 aromatic heterocycles. The second-order valence-corrected chi connectivity index (χ2v) is 3.88. The lowest BCUT2D eigenvalue weighted by molar-refractivity contribution is 0.559. The fraction of sp³-hybridized carbons (Fsp3) is 0. The van der Waals surface area contributed by atoms with Crippen molar-refractivity contribution in [1.82, 2.24) is 0 Å². The lowest BCUT2D eigenvalue weighted by Crippen LogP contribution is -1.77. The molecule has 0 bridgehead atoms. The van der Waals surface area contributed by atoms with E-state index in [0.29, 0.717) is 15.1 Å². The summed E-state index contributed by atoms with van der Waals surface area (Å²) in [5.74, 6) is 0. The number of hydrogen-bond donors (Lipinski definition) is 0. The predicted molar refractivity (Wildman–Crippen MR) is 58.0 cm³/mol. The van der Waals surface area contributed by atoms with Crippen LogP contribution < -0.4 is 0 Å². The Labute approximate surface area is 96.2 Å². The van der Waals surface area contributed by atoms with Crippen LogP contribution in [0.4, 0.5) is 0 Å². The second-order valence-electron chi connectivity index (χ2n) is 2.69. The van der Waals surface area contributed by atoms with Gasteiger partial charge in [0, 0.05) is 5.56 Å². The van der Waals surface area contributed by atoms with Crippen LogP contribution in [0, 0.1) is 6.26 Å². The van der Waals surface area contributed by atoms with Crippen molar-refractivity contribution in [3.63, 3.8) is 0 Å². The van der Waals surface area contributed by atoms with E-state index in [1.165, 1.54) is 6.26 Å². The maximum absolute atomic E-state index is 5.88. The average molecular weight is 246 g/mol. The molecule has 0 aliphatic carbocycles. The highest BCUT2D eigenvalue weighted by Gasteiger charge is 2.08. The Kier molecular flexibility index (Phi) is 2.73. The summed E-state index contributed by atoms with van der Waals surface area (Å²) in [5.41, 5.74) is 1.63. The summed E-state index contributed by atoms with van der Waals surface area (Å²) in [6.45, 7) is 0. The lowest BCUT2D eigenvalue weighted by atomic mass is 10.1. The fourth-order valence-electron chi connectivity index (χ4n) is 1.10. The number of halogens is 3. The first-order valence-electron chi connectivity index (χ1n) is 3.78. The smallest absolute Gasteiger partial charge is 0.177 e. The Bertz CT molecular complexity index is 425. The van der Waals surface area contributed by atoms with Gasteiger partial charge in [-0.3, -0.25) is 0 Å². The highest BCUT2D eigenvalue weighted by Crippen LogP contribution is 2.34. The maximum Gasteiger partial charge on any atom is 0.177 e. The SMILES string of the molecule is Clc1cc(-c2[c]occ2)cc(Cl)c1Cl. The van der Waals surface area contributed by atoms with Crippen LogP contribution in [0.2, 0.25) is 15.1 Å². The van der Waals surface area contributed by atoms with E-state index in [0.717, 1.165) is 11.1 Å². The van der Waals surface area contributed by atoms with Crippen molar-refractivity contribution in [2.45, 2.75) is 0 Å². The molecule has 0 fully saturated rings. The van der Waals surface area contributed by atoms with Gasteiger partial charge in [-0.05, 0) is 23.8 Å². The Morgan fingerprint density at radius 1 is 1.07 bits per heavy atom. The third kappa shape index (κ3) is 1.76.